The summed E-state index contributed by atoms with van der Waals surface area (Å²) in [5.74, 6) is 0.803. The fraction of sp³-hybridized carbons (Fsp3) is 0.611. The maximum Gasteiger partial charge on any atom is 0.241 e. The number of carbonyl (C=O) groups is 1. The molecule has 0 aliphatic carbocycles. The van der Waals surface area contributed by atoms with Gasteiger partial charge in [-0.2, -0.15) is 0 Å². The molecule has 0 radical (unpaired) electrons. The Morgan fingerprint density at radius 3 is 2.52 bits per heavy atom. The van der Waals surface area contributed by atoms with Crippen LogP contribution in [0.15, 0.2) is 18.2 Å². The van der Waals surface area contributed by atoms with Gasteiger partial charge in [0.15, 0.2) is 0 Å². The maximum absolute atomic E-state index is 12.6. The fourth-order valence-electron chi connectivity index (χ4n) is 3.30. The number of nitrogens with one attached hydrogen (secondary N) is 1. The van der Waals surface area contributed by atoms with Crippen molar-refractivity contribution in [2.45, 2.75) is 66.2 Å². The Labute approximate surface area is 128 Å². The molecular formula is C18H28N2O. The van der Waals surface area contributed by atoms with Gasteiger partial charge in [-0.25, -0.2) is 0 Å². The lowest BCUT2D eigenvalue weighted by Crippen LogP contribution is -2.39. The lowest BCUT2D eigenvalue weighted by molar-refractivity contribution is -0.132. The molecule has 0 bridgehead atoms. The van der Waals surface area contributed by atoms with Crippen LogP contribution in [0.1, 0.15) is 57.0 Å². The molecule has 2 rings (SSSR count). The molecular weight excluding hydrogens is 260 g/mol. The summed E-state index contributed by atoms with van der Waals surface area (Å²) in [7, 11) is 0. The van der Waals surface area contributed by atoms with E-state index in [1.165, 1.54) is 16.7 Å². The van der Waals surface area contributed by atoms with E-state index in [0.717, 1.165) is 6.42 Å². The van der Waals surface area contributed by atoms with Crippen LogP contribution in [-0.4, -0.2) is 22.9 Å². The third-order valence-electron chi connectivity index (χ3n) is 4.33. The van der Waals surface area contributed by atoms with E-state index in [4.69, 9.17) is 0 Å². The van der Waals surface area contributed by atoms with Crippen LogP contribution in [-0.2, 0) is 4.79 Å². The summed E-state index contributed by atoms with van der Waals surface area (Å²) in [6.07, 6.45) is 1.03. The summed E-state index contributed by atoms with van der Waals surface area (Å²) in [6, 6.07) is 6.61. The van der Waals surface area contributed by atoms with E-state index < -0.39 is 0 Å². The van der Waals surface area contributed by atoms with Gasteiger partial charge in [0.2, 0.25) is 5.91 Å². The first-order valence-corrected chi connectivity index (χ1v) is 7.96. The van der Waals surface area contributed by atoms with Crippen molar-refractivity contribution in [3.05, 3.63) is 34.9 Å². The lowest BCUT2D eigenvalue weighted by Gasteiger charge is -2.32. The highest BCUT2D eigenvalue weighted by Crippen LogP contribution is 2.31. The highest BCUT2D eigenvalue weighted by Gasteiger charge is 2.40. The number of carbonyl (C=O) groups excluding carboxylic acids is 1. The molecule has 1 heterocycles. The summed E-state index contributed by atoms with van der Waals surface area (Å²) in [5, 5.41) is 3.47. The summed E-state index contributed by atoms with van der Waals surface area (Å²) in [6.45, 7) is 12.8. The average Bonchev–Trinajstić information content (AvgIpc) is 2.68. The fourth-order valence-corrected chi connectivity index (χ4v) is 3.30. The topological polar surface area (TPSA) is 32.3 Å². The van der Waals surface area contributed by atoms with E-state index in [1.807, 2.05) is 11.8 Å². The number of rotatable bonds is 4. The summed E-state index contributed by atoms with van der Waals surface area (Å²) >= 11 is 0. The monoisotopic (exact) mass is 288 g/mol. The van der Waals surface area contributed by atoms with Gasteiger partial charge in [-0.15, -0.1) is 0 Å². The lowest BCUT2D eigenvalue weighted by atomic mass is 9.99. The van der Waals surface area contributed by atoms with Crippen LogP contribution in [0, 0.1) is 19.8 Å². The van der Waals surface area contributed by atoms with Crippen molar-refractivity contribution in [2.24, 2.45) is 5.92 Å². The van der Waals surface area contributed by atoms with Crippen molar-refractivity contribution in [3.8, 4) is 0 Å². The van der Waals surface area contributed by atoms with Gasteiger partial charge in [-0.05, 0) is 51.2 Å². The Kier molecular flexibility index (Phi) is 4.72. The molecule has 3 atom stereocenters. The second-order valence-corrected chi connectivity index (χ2v) is 6.88. The Hall–Kier alpha value is -1.35. The van der Waals surface area contributed by atoms with Gasteiger partial charge < -0.3 is 4.90 Å². The van der Waals surface area contributed by atoms with Crippen LogP contribution >= 0.6 is 0 Å². The molecule has 0 aromatic heterocycles. The van der Waals surface area contributed by atoms with E-state index in [9.17, 15) is 4.79 Å². The van der Waals surface area contributed by atoms with Crippen molar-refractivity contribution >= 4 is 5.91 Å². The zero-order valence-electron chi connectivity index (χ0n) is 14.1. The van der Waals surface area contributed by atoms with Gasteiger partial charge in [-0.1, -0.05) is 37.6 Å². The quantitative estimate of drug-likeness (QED) is 0.919. The van der Waals surface area contributed by atoms with Crippen LogP contribution in [0.5, 0.6) is 0 Å². The first-order chi connectivity index (χ1) is 9.81. The molecule has 1 aliphatic heterocycles. The zero-order chi connectivity index (χ0) is 15.7. The van der Waals surface area contributed by atoms with Crippen LogP contribution in [0.4, 0.5) is 0 Å². The molecule has 3 nitrogen and oxygen atoms in total. The molecule has 1 fully saturated rings. The molecule has 1 aromatic rings. The third kappa shape index (κ3) is 3.29. The number of nitrogens with zero attached hydrogens (tertiary/aromatic N) is 1. The number of aryl methyl sites for hydroxylation is 2. The van der Waals surface area contributed by atoms with Crippen LogP contribution < -0.4 is 5.32 Å². The molecule has 1 aliphatic rings. The molecule has 0 saturated carbocycles. The number of benzene rings is 1. The second-order valence-electron chi connectivity index (χ2n) is 6.88. The highest BCUT2D eigenvalue weighted by molar-refractivity contribution is 5.84. The largest absolute Gasteiger partial charge is 0.319 e. The molecule has 1 aromatic carbocycles. The van der Waals surface area contributed by atoms with Crippen molar-refractivity contribution in [2.75, 3.05) is 0 Å². The first-order valence-electron chi connectivity index (χ1n) is 7.96. The molecule has 1 N–H and O–H groups in total. The van der Waals surface area contributed by atoms with Gasteiger partial charge >= 0.3 is 0 Å². The zero-order valence-corrected chi connectivity index (χ0v) is 14.1. The third-order valence-corrected chi connectivity index (χ3v) is 4.33. The SMILES string of the molecule is Cc1ccc(C)c(C2NC(C)C(=O)N2C(C)CC(C)C)c1. The van der Waals surface area contributed by atoms with Crippen molar-refractivity contribution in [3.63, 3.8) is 0 Å². The Morgan fingerprint density at radius 2 is 1.90 bits per heavy atom. The van der Waals surface area contributed by atoms with E-state index in [0.29, 0.717) is 5.92 Å². The summed E-state index contributed by atoms with van der Waals surface area (Å²) in [5.41, 5.74) is 3.70. The van der Waals surface area contributed by atoms with Crippen LogP contribution in [0.2, 0.25) is 0 Å². The molecule has 116 valence electrons. The summed E-state index contributed by atoms with van der Waals surface area (Å²) in [4.78, 5) is 14.6. The van der Waals surface area contributed by atoms with Crippen molar-refractivity contribution in [1.29, 1.82) is 0 Å². The minimum absolute atomic E-state index is 0.00106. The minimum atomic E-state index is -0.107. The van der Waals surface area contributed by atoms with Crippen LogP contribution in [0.25, 0.3) is 0 Å². The standard InChI is InChI=1S/C18H28N2O/c1-11(2)9-14(5)20-17(19-15(6)18(20)21)16-10-12(3)7-8-13(16)4/h7-8,10-11,14-15,17,19H,9H2,1-6H3. The number of hydrogen-bond acceptors (Lipinski definition) is 2. The molecule has 3 unspecified atom stereocenters. The summed E-state index contributed by atoms with van der Waals surface area (Å²) < 4.78 is 0. The van der Waals surface area contributed by atoms with Gasteiger partial charge in [0.1, 0.15) is 6.17 Å². The highest BCUT2D eigenvalue weighted by atomic mass is 16.2. The Morgan fingerprint density at radius 1 is 1.24 bits per heavy atom. The first kappa shape index (κ1) is 16.0. The number of amides is 1. The van der Waals surface area contributed by atoms with Gasteiger partial charge in [-0.3, -0.25) is 10.1 Å². The van der Waals surface area contributed by atoms with E-state index >= 15 is 0 Å². The predicted molar refractivity (Wildman–Crippen MR) is 87.0 cm³/mol. The number of hydrogen-bond donors (Lipinski definition) is 1. The normalized spacial score (nSPS) is 24.0. The van der Waals surface area contributed by atoms with Crippen molar-refractivity contribution < 1.29 is 4.79 Å². The van der Waals surface area contributed by atoms with Gasteiger partial charge in [0.25, 0.3) is 0 Å². The van der Waals surface area contributed by atoms with Crippen molar-refractivity contribution in [1.82, 2.24) is 10.2 Å². The van der Waals surface area contributed by atoms with Gasteiger partial charge in [0.05, 0.1) is 6.04 Å². The van der Waals surface area contributed by atoms with E-state index in [-0.39, 0.29) is 24.2 Å². The predicted octanol–water partition coefficient (Wildman–Crippen LogP) is 3.56. The maximum atomic E-state index is 12.6. The molecule has 1 saturated heterocycles. The van der Waals surface area contributed by atoms with E-state index in [2.05, 4.69) is 58.1 Å². The molecule has 0 spiro atoms. The molecule has 3 heteroatoms. The minimum Gasteiger partial charge on any atom is -0.319 e. The average molecular weight is 288 g/mol. The Balaban J connectivity index is 2.36. The second kappa shape index (κ2) is 6.18. The molecule has 1 amide bonds. The van der Waals surface area contributed by atoms with Gasteiger partial charge in [0, 0.05) is 6.04 Å². The van der Waals surface area contributed by atoms with Crippen LogP contribution in [0.3, 0.4) is 0 Å². The smallest absolute Gasteiger partial charge is 0.241 e. The van der Waals surface area contributed by atoms with E-state index in [1.54, 1.807) is 0 Å². The molecule has 21 heavy (non-hydrogen) atoms. The Bertz CT molecular complexity index is 524.